The molecule has 0 radical (unpaired) electrons. The standard InChI is InChI=1S/C20H22F2N2O2/c21-14-8-11-17(12-9-14)26-16-5-3-4-15(10-13-16)23-20(25)24-19-7-2-1-6-18(19)22/h1-2,6-9,11-12,15-16H,3-5,10,13H2,(H2,23,24,25). The molecule has 0 saturated heterocycles. The maximum absolute atomic E-state index is 13.6. The minimum absolute atomic E-state index is 0.0172. The van der Waals surface area contributed by atoms with E-state index in [0.717, 1.165) is 32.1 Å². The van der Waals surface area contributed by atoms with E-state index in [1.165, 1.54) is 24.3 Å². The summed E-state index contributed by atoms with van der Waals surface area (Å²) in [6.45, 7) is 0. The summed E-state index contributed by atoms with van der Waals surface area (Å²) in [7, 11) is 0. The molecule has 2 N–H and O–H groups in total. The number of benzene rings is 2. The molecule has 0 spiro atoms. The summed E-state index contributed by atoms with van der Waals surface area (Å²) >= 11 is 0. The Kier molecular flexibility index (Phi) is 6.04. The van der Waals surface area contributed by atoms with Crippen LogP contribution in [0.2, 0.25) is 0 Å². The predicted octanol–water partition coefficient (Wildman–Crippen LogP) is 4.87. The van der Waals surface area contributed by atoms with E-state index in [1.54, 1.807) is 24.3 Å². The van der Waals surface area contributed by atoms with Crippen molar-refractivity contribution >= 4 is 11.7 Å². The zero-order valence-electron chi connectivity index (χ0n) is 14.4. The van der Waals surface area contributed by atoms with Crippen LogP contribution in [-0.2, 0) is 0 Å². The lowest BCUT2D eigenvalue weighted by Gasteiger charge is -2.18. The third-order valence-corrected chi connectivity index (χ3v) is 4.49. The molecule has 0 heterocycles. The van der Waals surface area contributed by atoms with Gasteiger partial charge >= 0.3 is 6.03 Å². The quantitative estimate of drug-likeness (QED) is 0.765. The smallest absolute Gasteiger partial charge is 0.319 e. The van der Waals surface area contributed by atoms with Crippen LogP contribution in [0.25, 0.3) is 0 Å². The molecule has 3 rings (SSSR count). The first-order valence-corrected chi connectivity index (χ1v) is 8.84. The zero-order chi connectivity index (χ0) is 18.4. The number of anilines is 1. The molecule has 138 valence electrons. The summed E-state index contributed by atoms with van der Waals surface area (Å²) in [6, 6.07) is 11.7. The summed E-state index contributed by atoms with van der Waals surface area (Å²) in [6.07, 6.45) is 4.25. The van der Waals surface area contributed by atoms with Crippen molar-refractivity contribution in [1.82, 2.24) is 5.32 Å². The number of hydrogen-bond donors (Lipinski definition) is 2. The monoisotopic (exact) mass is 360 g/mol. The Morgan fingerprint density at radius 2 is 1.73 bits per heavy atom. The normalized spacial score (nSPS) is 20.1. The molecule has 1 aliphatic rings. The van der Waals surface area contributed by atoms with E-state index in [0.29, 0.717) is 5.75 Å². The molecule has 6 heteroatoms. The molecule has 26 heavy (non-hydrogen) atoms. The van der Waals surface area contributed by atoms with Gasteiger partial charge in [-0.1, -0.05) is 12.1 Å². The van der Waals surface area contributed by atoms with Gasteiger partial charge in [0.05, 0.1) is 11.8 Å². The molecule has 4 nitrogen and oxygen atoms in total. The molecule has 2 aromatic rings. The number of hydrogen-bond acceptors (Lipinski definition) is 2. The van der Waals surface area contributed by atoms with Crippen LogP contribution in [0.4, 0.5) is 19.3 Å². The zero-order valence-corrected chi connectivity index (χ0v) is 14.4. The molecular formula is C20H22F2N2O2. The third-order valence-electron chi connectivity index (χ3n) is 4.49. The molecule has 0 aliphatic heterocycles. The number of ether oxygens (including phenoxy) is 1. The van der Waals surface area contributed by atoms with Gasteiger partial charge in [-0.25, -0.2) is 13.6 Å². The molecule has 2 aromatic carbocycles. The van der Waals surface area contributed by atoms with Crippen molar-refractivity contribution in [2.75, 3.05) is 5.32 Å². The van der Waals surface area contributed by atoms with Crippen LogP contribution in [0.3, 0.4) is 0 Å². The number of urea groups is 1. The van der Waals surface area contributed by atoms with E-state index < -0.39 is 11.8 Å². The Hall–Kier alpha value is -2.63. The predicted molar refractivity (Wildman–Crippen MR) is 96.2 cm³/mol. The van der Waals surface area contributed by atoms with Gasteiger partial charge in [0, 0.05) is 6.04 Å². The van der Waals surface area contributed by atoms with Crippen LogP contribution >= 0.6 is 0 Å². The molecule has 0 bridgehead atoms. The van der Waals surface area contributed by atoms with Gasteiger partial charge in [0.1, 0.15) is 17.4 Å². The van der Waals surface area contributed by atoms with Crippen molar-refractivity contribution in [3.8, 4) is 5.75 Å². The fraction of sp³-hybridized carbons (Fsp3) is 0.350. The second kappa shape index (κ2) is 8.65. The van der Waals surface area contributed by atoms with E-state index >= 15 is 0 Å². The topological polar surface area (TPSA) is 50.4 Å². The number of rotatable bonds is 4. The Morgan fingerprint density at radius 1 is 0.962 bits per heavy atom. The lowest BCUT2D eigenvalue weighted by Crippen LogP contribution is -2.38. The highest BCUT2D eigenvalue weighted by atomic mass is 19.1. The Balaban J connectivity index is 1.48. The highest BCUT2D eigenvalue weighted by Gasteiger charge is 2.21. The van der Waals surface area contributed by atoms with Gasteiger partial charge in [-0.2, -0.15) is 0 Å². The SMILES string of the molecule is O=C(Nc1ccccc1F)NC1CCCC(Oc2ccc(F)cc2)CC1. The summed E-state index contributed by atoms with van der Waals surface area (Å²) in [5, 5.41) is 5.45. The first-order chi connectivity index (χ1) is 12.6. The van der Waals surface area contributed by atoms with Gasteiger partial charge in [0.15, 0.2) is 0 Å². The van der Waals surface area contributed by atoms with Gasteiger partial charge in [-0.05, 0) is 68.5 Å². The average Bonchev–Trinajstić information content (AvgIpc) is 2.84. The average molecular weight is 360 g/mol. The highest BCUT2D eigenvalue weighted by Crippen LogP contribution is 2.23. The number of nitrogens with one attached hydrogen (secondary N) is 2. The second-order valence-electron chi connectivity index (χ2n) is 6.48. The molecule has 2 amide bonds. The number of carbonyl (C=O) groups is 1. The number of halogens is 2. The number of carbonyl (C=O) groups excluding carboxylic acids is 1. The van der Waals surface area contributed by atoms with Crippen molar-refractivity contribution < 1.29 is 18.3 Å². The molecule has 1 saturated carbocycles. The first kappa shape index (κ1) is 18.2. The van der Waals surface area contributed by atoms with Gasteiger partial charge in [0.25, 0.3) is 0 Å². The fourth-order valence-electron chi connectivity index (χ4n) is 3.14. The molecular weight excluding hydrogens is 338 g/mol. The van der Waals surface area contributed by atoms with Crippen molar-refractivity contribution in [3.05, 3.63) is 60.2 Å². The van der Waals surface area contributed by atoms with Crippen LogP contribution in [-0.4, -0.2) is 18.2 Å². The lowest BCUT2D eigenvalue weighted by molar-refractivity contribution is 0.182. The summed E-state index contributed by atoms with van der Waals surface area (Å²) in [4.78, 5) is 12.1. The molecule has 2 unspecified atom stereocenters. The summed E-state index contributed by atoms with van der Waals surface area (Å²) in [5.41, 5.74) is 0.163. The highest BCUT2D eigenvalue weighted by molar-refractivity contribution is 5.89. The maximum atomic E-state index is 13.6. The van der Waals surface area contributed by atoms with Gasteiger partial charge in [-0.3, -0.25) is 0 Å². The Labute approximate surface area is 151 Å². The van der Waals surface area contributed by atoms with E-state index in [1.807, 2.05) is 0 Å². The van der Waals surface area contributed by atoms with Crippen molar-refractivity contribution in [1.29, 1.82) is 0 Å². The minimum Gasteiger partial charge on any atom is -0.490 e. The Bertz CT molecular complexity index is 737. The van der Waals surface area contributed by atoms with Crippen LogP contribution in [0.15, 0.2) is 48.5 Å². The van der Waals surface area contributed by atoms with Crippen LogP contribution in [0, 0.1) is 11.6 Å². The first-order valence-electron chi connectivity index (χ1n) is 8.84. The van der Waals surface area contributed by atoms with Crippen LogP contribution < -0.4 is 15.4 Å². The Morgan fingerprint density at radius 3 is 2.50 bits per heavy atom. The van der Waals surface area contributed by atoms with Crippen molar-refractivity contribution in [3.63, 3.8) is 0 Å². The molecule has 2 atom stereocenters. The van der Waals surface area contributed by atoms with E-state index in [9.17, 15) is 13.6 Å². The van der Waals surface area contributed by atoms with Crippen molar-refractivity contribution in [2.24, 2.45) is 0 Å². The molecule has 1 aliphatic carbocycles. The molecule has 0 aromatic heterocycles. The third kappa shape index (κ3) is 5.18. The summed E-state index contributed by atoms with van der Waals surface area (Å²) in [5.74, 6) is -0.0975. The largest absolute Gasteiger partial charge is 0.490 e. The van der Waals surface area contributed by atoms with E-state index in [-0.39, 0.29) is 23.7 Å². The van der Waals surface area contributed by atoms with Gasteiger partial charge < -0.3 is 15.4 Å². The lowest BCUT2D eigenvalue weighted by atomic mass is 10.1. The van der Waals surface area contributed by atoms with E-state index in [2.05, 4.69) is 10.6 Å². The van der Waals surface area contributed by atoms with Crippen molar-refractivity contribution in [2.45, 2.75) is 44.2 Å². The number of amides is 2. The summed E-state index contributed by atoms with van der Waals surface area (Å²) < 4.78 is 32.5. The van der Waals surface area contributed by atoms with Crippen LogP contribution in [0.5, 0.6) is 5.75 Å². The number of para-hydroxylation sites is 1. The molecule has 1 fully saturated rings. The second-order valence-corrected chi connectivity index (χ2v) is 6.48. The van der Waals surface area contributed by atoms with E-state index in [4.69, 9.17) is 4.74 Å². The maximum Gasteiger partial charge on any atom is 0.319 e. The van der Waals surface area contributed by atoms with Gasteiger partial charge in [0.2, 0.25) is 0 Å². The fourth-order valence-corrected chi connectivity index (χ4v) is 3.14. The van der Waals surface area contributed by atoms with Gasteiger partial charge in [-0.15, -0.1) is 0 Å². The van der Waals surface area contributed by atoms with Crippen LogP contribution in [0.1, 0.15) is 32.1 Å². The minimum atomic E-state index is -0.462.